The van der Waals surface area contributed by atoms with Crippen LogP contribution >= 0.6 is 0 Å². The second-order valence-electron chi connectivity index (χ2n) is 6.39. The normalized spacial score (nSPS) is 16.6. The lowest BCUT2D eigenvalue weighted by molar-refractivity contribution is -0.120. The molecule has 1 aromatic carbocycles. The molecule has 0 bridgehead atoms. The molecule has 0 unspecified atom stereocenters. The van der Waals surface area contributed by atoms with Gasteiger partial charge in [0.05, 0.1) is 5.69 Å². The number of likely N-dealkylation sites (tertiary alicyclic amines) is 1. The Morgan fingerprint density at radius 2 is 2.00 bits per heavy atom. The molecule has 0 radical (unpaired) electrons. The van der Waals surface area contributed by atoms with Crippen molar-refractivity contribution in [1.29, 1.82) is 5.26 Å². The molecule has 1 N–H and O–H groups in total. The average molecular weight is 348 g/mol. The second kappa shape index (κ2) is 7.79. The van der Waals surface area contributed by atoms with Gasteiger partial charge in [0.1, 0.15) is 11.8 Å². The first-order valence-corrected chi connectivity index (χ1v) is 8.61. The van der Waals surface area contributed by atoms with Crippen LogP contribution in [0, 0.1) is 11.3 Å². The molecule has 1 atom stereocenters. The number of amides is 2. The van der Waals surface area contributed by atoms with Gasteiger partial charge >= 0.3 is 0 Å². The number of pyridine rings is 1. The largest absolute Gasteiger partial charge is 0.352 e. The van der Waals surface area contributed by atoms with Gasteiger partial charge in [-0.2, -0.15) is 5.26 Å². The van der Waals surface area contributed by atoms with Gasteiger partial charge in [0, 0.05) is 37.2 Å². The highest BCUT2D eigenvalue weighted by molar-refractivity contribution is 5.94. The molecule has 2 amide bonds. The van der Waals surface area contributed by atoms with Gasteiger partial charge in [-0.15, -0.1) is 0 Å². The van der Waals surface area contributed by atoms with Crippen LogP contribution in [0.5, 0.6) is 0 Å². The first-order valence-electron chi connectivity index (χ1n) is 8.61. The van der Waals surface area contributed by atoms with E-state index in [1.165, 1.54) is 6.92 Å². The number of nitriles is 1. The zero-order chi connectivity index (χ0) is 18.5. The molecule has 1 aliphatic rings. The third-order valence-corrected chi connectivity index (χ3v) is 4.41. The van der Waals surface area contributed by atoms with Gasteiger partial charge in [-0.3, -0.25) is 9.59 Å². The predicted octanol–water partition coefficient (Wildman–Crippen LogP) is 2.36. The van der Waals surface area contributed by atoms with Gasteiger partial charge < -0.3 is 10.2 Å². The van der Waals surface area contributed by atoms with Crippen LogP contribution in [-0.4, -0.2) is 40.8 Å². The zero-order valence-corrected chi connectivity index (χ0v) is 14.6. The highest BCUT2D eigenvalue weighted by Crippen LogP contribution is 2.20. The fourth-order valence-corrected chi connectivity index (χ4v) is 3.19. The topological polar surface area (TPSA) is 86.1 Å². The number of rotatable bonds is 3. The van der Waals surface area contributed by atoms with Crippen LogP contribution in [0.4, 0.5) is 0 Å². The molecule has 6 nitrogen and oxygen atoms in total. The van der Waals surface area contributed by atoms with Gasteiger partial charge in [0.15, 0.2) is 0 Å². The molecule has 1 aromatic heterocycles. The molecular weight excluding hydrogens is 328 g/mol. The first kappa shape index (κ1) is 17.6. The fraction of sp³-hybridized carbons (Fsp3) is 0.300. The monoisotopic (exact) mass is 348 g/mol. The van der Waals surface area contributed by atoms with E-state index in [1.807, 2.05) is 24.3 Å². The lowest BCUT2D eigenvalue weighted by Crippen LogP contribution is -2.49. The number of hydrogen-bond acceptors (Lipinski definition) is 4. The van der Waals surface area contributed by atoms with Crippen LogP contribution in [0.15, 0.2) is 42.5 Å². The minimum absolute atomic E-state index is 0.0161. The van der Waals surface area contributed by atoms with Crippen molar-refractivity contribution >= 4 is 11.8 Å². The molecule has 0 saturated carbocycles. The SMILES string of the molecule is CC(=O)N[C@@H]1CCCN(C(=O)c2ccc(-c3cccc(C#N)n3)cc2)C1. The third-order valence-electron chi connectivity index (χ3n) is 4.41. The van der Waals surface area contributed by atoms with Crippen molar-refractivity contribution in [3.8, 4) is 17.3 Å². The molecule has 0 aliphatic carbocycles. The summed E-state index contributed by atoms with van der Waals surface area (Å²) < 4.78 is 0. The maximum absolute atomic E-state index is 12.7. The number of nitrogens with zero attached hydrogens (tertiary/aromatic N) is 3. The summed E-state index contributed by atoms with van der Waals surface area (Å²) in [4.78, 5) is 30.0. The number of benzene rings is 1. The van der Waals surface area contributed by atoms with Gasteiger partial charge in [-0.1, -0.05) is 18.2 Å². The van der Waals surface area contributed by atoms with E-state index in [1.54, 1.807) is 29.2 Å². The summed E-state index contributed by atoms with van der Waals surface area (Å²) in [5.41, 5.74) is 2.52. The second-order valence-corrected chi connectivity index (χ2v) is 6.39. The standard InChI is InChI=1S/C20H20N4O2/c1-14(25)22-18-5-3-11-24(13-18)20(26)16-9-7-15(8-10-16)19-6-2-4-17(12-21)23-19/h2,4,6-10,18H,3,5,11,13H2,1H3,(H,22,25)/t18-/m1/s1. The quantitative estimate of drug-likeness (QED) is 0.922. The summed E-state index contributed by atoms with van der Waals surface area (Å²) in [6.07, 6.45) is 1.77. The van der Waals surface area contributed by atoms with Gasteiger partial charge in [-0.05, 0) is 37.1 Å². The number of piperidine rings is 1. The van der Waals surface area contributed by atoms with Crippen LogP contribution in [-0.2, 0) is 4.79 Å². The van der Waals surface area contributed by atoms with Gasteiger partial charge in [0.25, 0.3) is 5.91 Å². The molecule has 6 heteroatoms. The number of nitrogens with one attached hydrogen (secondary N) is 1. The van der Waals surface area contributed by atoms with E-state index < -0.39 is 0 Å². The Morgan fingerprint density at radius 1 is 1.23 bits per heavy atom. The Labute approximate surface area is 152 Å². The molecule has 1 aliphatic heterocycles. The molecule has 26 heavy (non-hydrogen) atoms. The maximum Gasteiger partial charge on any atom is 0.253 e. The molecule has 1 fully saturated rings. The van der Waals surface area contributed by atoms with Crippen LogP contribution in [0.25, 0.3) is 11.3 Å². The van der Waals surface area contributed by atoms with E-state index in [4.69, 9.17) is 5.26 Å². The van der Waals surface area contributed by atoms with Crippen molar-refractivity contribution in [2.45, 2.75) is 25.8 Å². The van der Waals surface area contributed by atoms with Gasteiger partial charge in [-0.25, -0.2) is 4.98 Å². The minimum Gasteiger partial charge on any atom is -0.352 e. The van der Waals surface area contributed by atoms with Crippen LogP contribution in [0.1, 0.15) is 35.8 Å². The van der Waals surface area contributed by atoms with Crippen molar-refractivity contribution in [2.75, 3.05) is 13.1 Å². The van der Waals surface area contributed by atoms with Crippen molar-refractivity contribution in [3.05, 3.63) is 53.7 Å². The highest BCUT2D eigenvalue weighted by atomic mass is 16.2. The Balaban J connectivity index is 1.72. The maximum atomic E-state index is 12.7. The summed E-state index contributed by atoms with van der Waals surface area (Å²) in [5.74, 6) is -0.105. The number of carbonyl (C=O) groups excluding carboxylic acids is 2. The Kier molecular flexibility index (Phi) is 5.28. The number of aromatic nitrogens is 1. The zero-order valence-electron chi connectivity index (χ0n) is 14.6. The fourth-order valence-electron chi connectivity index (χ4n) is 3.19. The highest BCUT2D eigenvalue weighted by Gasteiger charge is 2.24. The van der Waals surface area contributed by atoms with Crippen LogP contribution in [0.3, 0.4) is 0 Å². The molecule has 2 aromatic rings. The molecule has 1 saturated heterocycles. The van der Waals surface area contributed by atoms with E-state index in [9.17, 15) is 9.59 Å². The lowest BCUT2D eigenvalue weighted by Gasteiger charge is -2.33. The summed E-state index contributed by atoms with van der Waals surface area (Å²) in [7, 11) is 0. The Hall–Kier alpha value is -3.20. The lowest BCUT2D eigenvalue weighted by atomic mass is 10.0. The Morgan fingerprint density at radius 3 is 2.69 bits per heavy atom. The van der Waals surface area contributed by atoms with E-state index in [2.05, 4.69) is 10.3 Å². The third kappa shape index (κ3) is 4.06. The van der Waals surface area contributed by atoms with Crippen molar-refractivity contribution in [3.63, 3.8) is 0 Å². The minimum atomic E-state index is -0.0687. The smallest absolute Gasteiger partial charge is 0.253 e. The summed E-state index contributed by atoms with van der Waals surface area (Å²) in [6, 6.07) is 14.6. The molecule has 2 heterocycles. The van der Waals surface area contributed by atoms with E-state index >= 15 is 0 Å². The predicted molar refractivity (Wildman–Crippen MR) is 97.1 cm³/mol. The summed E-state index contributed by atoms with van der Waals surface area (Å²) in [5, 5.41) is 11.8. The first-order chi connectivity index (χ1) is 12.6. The van der Waals surface area contributed by atoms with Crippen LogP contribution in [0.2, 0.25) is 0 Å². The number of hydrogen-bond donors (Lipinski definition) is 1. The summed E-state index contributed by atoms with van der Waals surface area (Å²) in [6.45, 7) is 2.73. The average Bonchev–Trinajstić information content (AvgIpc) is 2.67. The summed E-state index contributed by atoms with van der Waals surface area (Å²) >= 11 is 0. The molecule has 0 spiro atoms. The van der Waals surface area contributed by atoms with Crippen LogP contribution < -0.4 is 5.32 Å². The molecule has 3 rings (SSSR count). The van der Waals surface area contributed by atoms with Gasteiger partial charge in [0.2, 0.25) is 5.91 Å². The Bertz CT molecular complexity index is 855. The van der Waals surface area contributed by atoms with Crippen molar-refractivity contribution in [1.82, 2.24) is 15.2 Å². The number of carbonyl (C=O) groups is 2. The van der Waals surface area contributed by atoms with E-state index in [0.29, 0.717) is 30.0 Å². The van der Waals surface area contributed by atoms with E-state index in [0.717, 1.165) is 18.4 Å². The van der Waals surface area contributed by atoms with Crippen molar-refractivity contribution < 1.29 is 9.59 Å². The van der Waals surface area contributed by atoms with Crippen molar-refractivity contribution in [2.24, 2.45) is 0 Å². The molecular formula is C20H20N4O2. The van der Waals surface area contributed by atoms with E-state index in [-0.39, 0.29) is 17.9 Å². The molecule has 132 valence electrons.